The maximum atomic E-state index is 9.64. The fourth-order valence-corrected chi connectivity index (χ4v) is 1.61. The van der Waals surface area contributed by atoms with Crippen LogP contribution in [0.5, 0.6) is 11.5 Å². The molecule has 0 aliphatic heterocycles. The molecule has 0 saturated heterocycles. The summed E-state index contributed by atoms with van der Waals surface area (Å²) in [5, 5.41) is 26.2. The highest BCUT2D eigenvalue weighted by atomic mass is 16.3. The van der Waals surface area contributed by atoms with Gasteiger partial charge in [-0.25, -0.2) is 0 Å². The fourth-order valence-electron chi connectivity index (χ4n) is 1.61. The number of anilines is 1. The van der Waals surface area contributed by atoms with Gasteiger partial charge in [0.05, 0.1) is 11.9 Å². The zero-order chi connectivity index (χ0) is 13.1. The highest BCUT2D eigenvalue weighted by Gasteiger charge is 2.04. The van der Waals surface area contributed by atoms with Crippen LogP contribution >= 0.6 is 0 Å². The van der Waals surface area contributed by atoms with Gasteiger partial charge in [-0.3, -0.25) is 4.68 Å². The summed E-state index contributed by atoms with van der Waals surface area (Å²) in [6.45, 7) is 4.60. The number of rotatable bonds is 4. The largest absolute Gasteiger partial charge is 0.508 e. The molecule has 0 bridgehead atoms. The molecule has 1 aromatic carbocycles. The lowest BCUT2D eigenvalue weighted by molar-refractivity contribution is 0.446. The highest BCUT2D eigenvalue weighted by Crippen LogP contribution is 2.23. The molecule has 0 atom stereocenters. The smallest absolute Gasteiger partial charge is 0.124 e. The molecule has 3 N–H and O–H groups in total. The summed E-state index contributed by atoms with van der Waals surface area (Å²) in [4.78, 5) is 0. The maximum absolute atomic E-state index is 9.64. The van der Waals surface area contributed by atoms with E-state index in [1.807, 2.05) is 10.9 Å². The van der Waals surface area contributed by atoms with Crippen LogP contribution < -0.4 is 5.32 Å². The number of aromatic nitrogens is 2. The second kappa shape index (κ2) is 5.00. The van der Waals surface area contributed by atoms with Crippen LogP contribution in [-0.2, 0) is 6.54 Å². The van der Waals surface area contributed by atoms with Crippen molar-refractivity contribution in [3.8, 4) is 11.5 Å². The number of nitrogens with one attached hydrogen (secondary N) is 1. The molecule has 0 aliphatic rings. The van der Waals surface area contributed by atoms with Crippen molar-refractivity contribution in [3.05, 3.63) is 36.2 Å². The molecule has 0 unspecified atom stereocenters. The van der Waals surface area contributed by atoms with Crippen molar-refractivity contribution in [1.82, 2.24) is 9.78 Å². The molecule has 0 amide bonds. The van der Waals surface area contributed by atoms with Crippen molar-refractivity contribution in [2.45, 2.75) is 26.4 Å². The van der Waals surface area contributed by atoms with Crippen molar-refractivity contribution in [2.24, 2.45) is 0 Å². The van der Waals surface area contributed by atoms with Crippen LogP contribution in [0.3, 0.4) is 0 Å². The van der Waals surface area contributed by atoms with Crippen molar-refractivity contribution < 1.29 is 10.2 Å². The number of aromatic hydroxyl groups is 2. The minimum Gasteiger partial charge on any atom is -0.508 e. The Hall–Kier alpha value is -2.17. The maximum Gasteiger partial charge on any atom is 0.124 e. The van der Waals surface area contributed by atoms with Crippen LogP contribution in [0.25, 0.3) is 0 Å². The lowest BCUT2D eigenvalue weighted by atomic mass is 10.2. The summed E-state index contributed by atoms with van der Waals surface area (Å²) >= 11 is 0. The van der Waals surface area contributed by atoms with Gasteiger partial charge in [0.25, 0.3) is 0 Å². The monoisotopic (exact) mass is 247 g/mol. The van der Waals surface area contributed by atoms with Crippen LogP contribution in [-0.4, -0.2) is 20.0 Å². The molecule has 2 aromatic rings. The molecule has 0 saturated carbocycles. The normalized spacial score (nSPS) is 10.8. The molecule has 0 fully saturated rings. The van der Waals surface area contributed by atoms with Gasteiger partial charge >= 0.3 is 0 Å². The van der Waals surface area contributed by atoms with Gasteiger partial charge in [-0.15, -0.1) is 0 Å². The zero-order valence-electron chi connectivity index (χ0n) is 10.5. The first kappa shape index (κ1) is 12.3. The average Bonchev–Trinajstić information content (AvgIpc) is 2.76. The van der Waals surface area contributed by atoms with Crippen LogP contribution in [0.1, 0.15) is 25.5 Å². The van der Waals surface area contributed by atoms with E-state index in [4.69, 9.17) is 0 Å². The number of nitrogens with zero attached hydrogens (tertiary/aromatic N) is 2. The number of phenols is 2. The third-order valence-electron chi connectivity index (χ3n) is 2.68. The molecule has 1 heterocycles. The van der Waals surface area contributed by atoms with E-state index >= 15 is 0 Å². The van der Waals surface area contributed by atoms with Gasteiger partial charge in [0.1, 0.15) is 11.5 Å². The summed E-state index contributed by atoms with van der Waals surface area (Å²) < 4.78 is 1.86. The van der Waals surface area contributed by atoms with Crippen LogP contribution in [0.15, 0.2) is 30.6 Å². The molecule has 96 valence electrons. The Bertz CT molecular complexity index is 535. The van der Waals surface area contributed by atoms with E-state index in [0.29, 0.717) is 12.6 Å². The van der Waals surface area contributed by atoms with Gasteiger partial charge < -0.3 is 15.5 Å². The Morgan fingerprint density at radius 3 is 2.72 bits per heavy atom. The third kappa shape index (κ3) is 2.74. The summed E-state index contributed by atoms with van der Waals surface area (Å²) in [6.07, 6.45) is 3.67. The molecular formula is C13H17N3O2. The lowest BCUT2D eigenvalue weighted by Gasteiger charge is -2.07. The molecule has 0 aliphatic carbocycles. The van der Waals surface area contributed by atoms with Gasteiger partial charge in [0.15, 0.2) is 0 Å². The first-order chi connectivity index (χ1) is 8.56. The van der Waals surface area contributed by atoms with E-state index in [1.54, 1.807) is 18.3 Å². The number of hydrogen-bond donors (Lipinski definition) is 3. The van der Waals surface area contributed by atoms with E-state index in [2.05, 4.69) is 24.3 Å². The Balaban J connectivity index is 2.02. The first-order valence-electron chi connectivity index (χ1n) is 5.85. The van der Waals surface area contributed by atoms with E-state index in [9.17, 15) is 10.2 Å². The molecule has 5 heteroatoms. The molecular weight excluding hydrogens is 230 g/mol. The van der Waals surface area contributed by atoms with Gasteiger partial charge in [0, 0.05) is 30.4 Å². The van der Waals surface area contributed by atoms with E-state index in [1.165, 1.54) is 6.07 Å². The van der Waals surface area contributed by atoms with Crippen molar-refractivity contribution in [3.63, 3.8) is 0 Å². The zero-order valence-corrected chi connectivity index (χ0v) is 10.5. The second-order valence-corrected chi connectivity index (χ2v) is 4.47. The molecule has 1 aromatic heterocycles. The highest BCUT2D eigenvalue weighted by molar-refractivity contribution is 5.44. The van der Waals surface area contributed by atoms with E-state index in [0.717, 1.165) is 11.3 Å². The second-order valence-electron chi connectivity index (χ2n) is 4.47. The minimum absolute atomic E-state index is 0.0591. The molecule has 2 rings (SSSR count). The number of phenolic OH excluding ortho intramolecular Hbond substituents is 2. The Kier molecular flexibility index (Phi) is 3.41. The minimum atomic E-state index is 0.0591. The molecule has 18 heavy (non-hydrogen) atoms. The summed E-state index contributed by atoms with van der Waals surface area (Å²) in [5.41, 5.74) is 1.63. The van der Waals surface area contributed by atoms with Crippen LogP contribution in [0.2, 0.25) is 0 Å². The summed E-state index contributed by atoms with van der Waals surface area (Å²) in [5.74, 6) is 0.141. The van der Waals surface area contributed by atoms with Crippen molar-refractivity contribution in [1.29, 1.82) is 0 Å². The topological polar surface area (TPSA) is 70.3 Å². The van der Waals surface area contributed by atoms with Crippen LogP contribution in [0, 0.1) is 0 Å². The summed E-state index contributed by atoms with van der Waals surface area (Å²) in [7, 11) is 0. The first-order valence-corrected chi connectivity index (χ1v) is 5.85. The summed E-state index contributed by atoms with van der Waals surface area (Å²) in [6, 6.07) is 4.88. The Morgan fingerprint density at radius 2 is 2.11 bits per heavy atom. The lowest BCUT2D eigenvalue weighted by Crippen LogP contribution is -2.01. The Morgan fingerprint density at radius 1 is 1.33 bits per heavy atom. The quantitative estimate of drug-likeness (QED) is 0.776. The van der Waals surface area contributed by atoms with Crippen LogP contribution in [0.4, 0.5) is 5.69 Å². The van der Waals surface area contributed by atoms with Gasteiger partial charge in [0.2, 0.25) is 0 Å². The van der Waals surface area contributed by atoms with Gasteiger partial charge in [-0.1, -0.05) is 0 Å². The van der Waals surface area contributed by atoms with Gasteiger partial charge in [-0.2, -0.15) is 5.10 Å². The predicted octanol–water partition coefficient (Wildman–Crippen LogP) is 2.49. The standard InChI is InChI=1S/C13H17N3O2/c1-9(2)16-8-11(7-15-16)14-6-10-3-4-12(17)5-13(10)18/h3-5,7-9,14,17-18H,6H2,1-2H3. The number of hydrogen-bond acceptors (Lipinski definition) is 4. The predicted molar refractivity (Wildman–Crippen MR) is 69.7 cm³/mol. The Labute approximate surface area is 106 Å². The van der Waals surface area contributed by atoms with E-state index in [-0.39, 0.29) is 11.5 Å². The van der Waals surface area contributed by atoms with E-state index < -0.39 is 0 Å². The average molecular weight is 247 g/mol. The van der Waals surface area contributed by atoms with Crippen molar-refractivity contribution in [2.75, 3.05) is 5.32 Å². The van der Waals surface area contributed by atoms with Gasteiger partial charge in [-0.05, 0) is 26.0 Å². The molecule has 5 nitrogen and oxygen atoms in total. The number of benzene rings is 1. The molecule has 0 spiro atoms. The SMILES string of the molecule is CC(C)n1cc(NCc2ccc(O)cc2O)cn1. The fraction of sp³-hybridized carbons (Fsp3) is 0.308. The molecule has 0 radical (unpaired) electrons. The third-order valence-corrected chi connectivity index (χ3v) is 2.68. The van der Waals surface area contributed by atoms with Crippen molar-refractivity contribution >= 4 is 5.69 Å².